The smallest absolute Gasteiger partial charge is 0.339 e. The summed E-state index contributed by atoms with van der Waals surface area (Å²) >= 11 is 0. The first kappa shape index (κ1) is 18.4. The first-order chi connectivity index (χ1) is 10.8. The van der Waals surface area contributed by atoms with E-state index < -0.39 is 24.6 Å². The summed E-state index contributed by atoms with van der Waals surface area (Å²) in [7, 11) is 0. The Labute approximate surface area is 132 Å². The van der Waals surface area contributed by atoms with Crippen molar-refractivity contribution in [2.75, 3.05) is 19.8 Å². The van der Waals surface area contributed by atoms with Crippen LogP contribution in [0.3, 0.4) is 0 Å². The lowest BCUT2D eigenvalue weighted by Gasteiger charge is -2.15. The van der Waals surface area contributed by atoms with Crippen molar-refractivity contribution in [3.8, 4) is 11.5 Å². The number of hydrogen-bond acceptors (Lipinski definition) is 6. The monoisotopic (exact) mass is 326 g/mol. The van der Waals surface area contributed by atoms with E-state index in [0.29, 0.717) is 0 Å². The van der Waals surface area contributed by atoms with Crippen molar-refractivity contribution < 1.29 is 38.8 Å². The number of Topliss-reactive ketones (excluding diaryl/α,β-unsaturated/α-hetero) is 1. The summed E-state index contributed by atoms with van der Waals surface area (Å²) in [4.78, 5) is 32.7. The van der Waals surface area contributed by atoms with Gasteiger partial charge in [0.1, 0.15) is 30.3 Å². The Bertz CT molecular complexity index is 581. The Morgan fingerprint density at radius 3 is 2.43 bits per heavy atom. The number of hydrogen-bond donors (Lipinski definition) is 2. The van der Waals surface area contributed by atoms with Crippen LogP contribution >= 0.6 is 0 Å². The van der Waals surface area contributed by atoms with Gasteiger partial charge in [-0.15, -0.1) is 0 Å². The maximum atomic E-state index is 11.3. The molecule has 1 rings (SSSR count). The van der Waals surface area contributed by atoms with Gasteiger partial charge < -0.3 is 24.4 Å². The molecule has 0 amide bonds. The Hall–Kier alpha value is -2.61. The largest absolute Gasteiger partial charge is 0.491 e. The second-order valence-corrected chi connectivity index (χ2v) is 4.63. The van der Waals surface area contributed by atoms with Gasteiger partial charge in [0.25, 0.3) is 0 Å². The molecular weight excluding hydrogens is 308 g/mol. The number of carbonyl (C=O) groups is 3. The van der Waals surface area contributed by atoms with Gasteiger partial charge in [-0.1, -0.05) is 0 Å². The molecule has 2 N–H and O–H groups in total. The molecule has 0 aromatic heterocycles. The second-order valence-electron chi connectivity index (χ2n) is 4.63. The van der Waals surface area contributed by atoms with Crippen LogP contribution in [0.15, 0.2) is 18.2 Å². The summed E-state index contributed by atoms with van der Waals surface area (Å²) in [5.74, 6) is -2.20. The molecule has 0 heterocycles. The lowest BCUT2D eigenvalue weighted by molar-refractivity contribution is -0.142. The molecule has 8 heteroatoms. The predicted molar refractivity (Wildman–Crippen MR) is 78.1 cm³/mol. The lowest BCUT2D eigenvalue weighted by Crippen LogP contribution is -2.22. The molecule has 126 valence electrons. The van der Waals surface area contributed by atoms with Gasteiger partial charge in [-0.3, -0.25) is 4.79 Å². The van der Waals surface area contributed by atoms with Crippen LogP contribution in [-0.2, 0) is 14.3 Å². The number of carboxylic acid groups (broad SMARTS) is 2. The zero-order chi connectivity index (χ0) is 17.4. The number of aliphatic carboxylic acids is 1. The highest BCUT2D eigenvalue weighted by molar-refractivity contribution is 5.91. The first-order valence-electron chi connectivity index (χ1n) is 6.78. The highest BCUT2D eigenvalue weighted by atomic mass is 16.5. The molecule has 1 atom stereocenters. The fourth-order valence-corrected chi connectivity index (χ4v) is 1.52. The van der Waals surface area contributed by atoms with Crippen molar-refractivity contribution in [1.82, 2.24) is 0 Å². The summed E-state index contributed by atoms with van der Waals surface area (Å²) in [6.07, 6.45) is -0.760. The van der Waals surface area contributed by atoms with E-state index in [0.717, 1.165) is 0 Å². The van der Waals surface area contributed by atoms with Crippen molar-refractivity contribution in [3.63, 3.8) is 0 Å². The number of aromatic carboxylic acids is 1. The fourth-order valence-electron chi connectivity index (χ4n) is 1.52. The van der Waals surface area contributed by atoms with Crippen LogP contribution in [0, 0.1) is 0 Å². The van der Waals surface area contributed by atoms with E-state index in [9.17, 15) is 19.5 Å². The lowest BCUT2D eigenvalue weighted by atomic mass is 10.2. The van der Waals surface area contributed by atoms with Crippen molar-refractivity contribution >= 4 is 17.7 Å². The third-order valence-electron chi connectivity index (χ3n) is 2.78. The highest BCUT2D eigenvalue weighted by Crippen LogP contribution is 2.25. The Morgan fingerprint density at radius 1 is 1.17 bits per heavy atom. The summed E-state index contributed by atoms with van der Waals surface area (Å²) in [5, 5.41) is 17.6. The van der Waals surface area contributed by atoms with E-state index in [2.05, 4.69) is 0 Å². The van der Waals surface area contributed by atoms with Crippen LogP contribution in [0.4, 0.5) is 0 Å². The van der Waals surface area contributed by atoms with Gasteiger partial charge >= 0.3 is 11.9 Å². The highest BCUT2D eigenvalue weighted by Gasteiger charge is 2.17. The molecule has 0 radical (unpaired) electrons. The molecule has 0 saturated carbocycles. The molecule has 23 heavy (non-hydrogen) atoms. The zero-order valence-electron chi connectivity index (χ0n) is 12.8. The molecule has 0 aliphatic rings. The standard InChI is InChI=1S/C15H18O8/c1-9(16)10(2)23-13-4-3-11(7-12(13)15(19)20)22-6-5-21-8-14(17)18/h3-4,7,10H,5-6,8H2,1-2H3,(H,17,18)(H,19,20). The van der Waals surface area contributed by atoms with Gasteiger partial charge in [-0.05, 0) is 32.0 Å². The topological polar surface area (TPSA) is 119 Å². The van der Waals surface area contributed by atoms with E-state index in [1.54, 1.807) is 0 Å². The molecule has 8 nitrogen and oxygen atoms in total. The number of ether oxygens (including phenoxy) is 3. The number of benzene rings is 1. The maximum Gasteiger partial charge on any atom is 0.339 e. The molecule has 0 fully saturated rings. The quantitative estimate of drug-likeness (QED) is 0.616. The van der Waals surface area contributed by atoms with Crippen LogP contribution in [-0.4, -0.2) is 53.9 Å². The molecule has 0 bridgehead atoms. The van der Waals surface area contributed by atoms with Crippen molar-refractivity contribution in [1.29, 1.82) is 0 Å². The van der Waals surface area contributed by atoms with Gasteiger partial charge in [-0.2, -0.15) is 0 Å². The minimum Gasteiger partial charge on any atom is -0.491 e. The minimum atomic E-state index is -1.22. The summed E-state index contributed by atoms with van der Waals surface area (Å²) in [6.45, 7) is 2.56. The van der Waals surface area contributed by atoms with Crippen LogP contribution in [0.5, 0.6) is 11.5 Å². The number of rotatable bonds is 10. The zero-order valence-corrected chi connectivity index (χ0v) is 12.8. The van der Waals surface area contributed by atoms with Crippen LogP contribution in [0.25, 0.3) is 0 Å². The summed E-state index contributed by atoms with van der Waals surface area (Å²) in [5.41, 5.74) is -0.137. The molecule has 1 unspecified atom stereocenters. The molecule has 1 aromatic carbocycles. The van der Waals surface area contributed by atoms with Crippen molar-refractivity contribution in [3.05, 3.63) is 23.8 Å². The van der Waals surface area contributed by atoms with Crippen molar-refractivity contribution in [2.45, 2.75) is 20.0 Å². The van der Waals surface area contributed by atoms with Crippen molar-refractivity contribution in [2.24, 2.45) is 0 Å². The van der Waals surface area contributed by atoms with Gasteiger partial charge in [0.15, 0.2) is 11.9 Å². The summed E-state index contributed by atoms with van der Waals surface area (Å²) < 4.78 is 15.4. The SMILES string of the molecule is CC(=O)C(C)Oc1ccc(OCCOCC(=O)O)cc1C(=O)O. The molecule has 0 aliphatic carbocycles. The summed E-state index contributed by atoms with van der Waals surface area (Å²) in [6, 6.07) is 4.16. The molecular formula is C15H18O8. The molecule has 0 saturated heterocycles. The van der Waals surface area contributed by atoms with E-state index in [4.69, 9.17) is 19.3 Å². The van der Waals surface area contributed by atoms with E-state index >= 15 is 0 Å². The van der Waals surface area contributed by atoms with Gasteiger partial charge in [0, 0.05) is 0 Å². The van der Waals surface area contributed by atoms with E-state index in [1.807, 2.05) is 0 Å². The van der Waals surface area contributed by atoms with Gasteiger partial charge in [0.2, 0.25) is 0 Å². The average molecular weight is 326 g/mol. The Kier molecular flexibility index (Phi) is 7.01. The van der Waals surface area contributed by atoms with E-state index in [1.165, 1.54) is 32.0 Å². The third-order valence-corrected chi connectivity index (χ3v) is 2.78. The fraction of sp³-hybridized carbons (Fsp3) is 0.400. The van der Waals surface area contributed by atoms with E-state index in [-0.39, 0.29) is 36.1 Å². The number of ketones is 1. The maximum absolute atomic E-state index is 11.3. The Balaban J connectivity index is 2.69. The van der Waals surface area contributed by atoms with Gasteiger partial charge in [0.05, 0.1) is 6.61 Å². The second kappa shape index (κ2) is 8.74. The normalized spacial score (nSPS) is 11.6. The molecule has 0 spiro atoms. The molecule has 1 aromatic rings. The average Bonchev–Trinajstić information content (AvgIpc) is 2.47. The number of carbonyl (C=O) groups excluding carboxylic acids is 1. The van der Waals surface area contributed by atoms with Crippen LogP contribution in [0.1, 0.15) is 24.2 Å². The molecule has 0 aliphatic heterocycles. The number of carboxylic acids is 2. The minimum absolute atomic E-state index is 0.0499. The van der Waals surface area contributed by atoms with Crippen LogP contribution in [0.2, 0.25) is 0 Å². The van der Waals surface area contributed by atoms with Crippen LogP contribution < -0.4 is 9.47 Å². The Morgan fingerprint density at radius 2 is 1.87 bits per heavy atom. The first-order valence-corrected chi connectivity index (χ1v) is 6.78. The third kappa shape index (κ3) is 6.35. The van der Waals surface area contributed by atoms with Gasteiger partial charge in [-0.25, -0.2) is 9.59 Å². The predicted octanol–water partition coefficient (Wildman–Crippen LogP) is 1.22.